The Hall–Kier alpha value is -0.510. The van der Waals surface area contributed by atoms with E-state index in [1.54, 1.807) is 0 Å². The van der Waals surface area contributed by atoms with Gasteiger partial charge >= 0.3 is 0 Å². The van der Waals surface area contributed by atoms with Gasteiger partial charge in [-0.25, -0.2) is 4.68 Å². The standard InChI is InChI=1S/C11H18BrN3/c1-7(6-9-4-3-5-9)15-11(13)10(12)8(2)14-15/h7,9H,3-6,13H2,1-2H3. The Bertz CT molecular complexity index is 355. The first-order chi connectivity index (χ1) is 7.09. The van der Waals surface area contributed by atoms with Gasteiger partial charge in [0.1, 0.15) is 5.82 Å². The van der Waals surface area contributed by atoms with Gasteiger partial charge in [-0.3, -0.25) is 0 Å². The highest BCUT2D eigenvalue weighted by Gasteiger charge is 2.22. The fourth-order valence-electron chi connectivity index (χ4n) is 2.19. The molecule has 1 aromatic heterocycles. The smallest absolute Gasteiger partial charge is 0.136 e. The largest absolute Gasteiger partial charge is 0.383 e. The number of hydrogen-bond acceptors (Lipinski definition) is 2. The summed E-state index contributed by atoms with van der Waals surface area (Å²) in [6.45, 7) is 4.18. The van der Waals surface area contributed by atoms with Crippen molar-refractivity contribution in [3.8, 4) is 0 Å². The van der Waals surface area contributed by atoms with Crippen LogP contribution in [0.4, 0.5) is 5.82 Å². The highest BCUT2D eigenvalue weighted by Crippen LogP contribution is 2.35. The van der Waals surface area contributed by atoms with Gasteiger partial charge in [0.05, 0.1) is 16.2 Å². The fraction of sp³-hybridized carbons (Fsp3) is 0.727. The molecule has 1 atom stereocenters. The second-order valence-electron chi connectivity index (χ2n) is 4.61. The Balaban J connectivity index is 2.10. The molecule has 1 aliphatic rings. The summed E-state index contributed by atoms with van der Waals surface area (Å²) in [5.74, 6) is 1.65. The van der Waals surface area contributed by atoms with E-state index in [1.807, 2.05) is 11.6 Å². The zero-order valence-corrected chi connectivity index (χ0v) is 10.9. The average molecular weight is 272 g/mol. The summed E-state index contributed by atoms with van der Waals surface area (Å²) in [7, 11) is 0. The van der Waals surface area contributed by atoms with Crippen molar-refractivity contribution in [1.82, 2.24) is 9.78 Å². The molecule has 0 radical (unpaired) electrons. The normalized spacial score (nSPS) is 18.9. The van der Waals surface area contributed by atoms with Crippen LogP contribution in [0.25, 0.3) is 0 Å². The SMILES string of the molecule is Cc1nn(C(C)CC2CCC2)c(N)c1Br. The van der Waals surface area contributed by atoms with Crippen molar-refractivity contribution in [2.45, 2.75) is 45.6 Å². The minimum atomic E-state index is 0.417. The number of aryl methyl sites for hydroxylation is 1. The summed E-state index contributed by atoms with van der Waals surface area (Å²) in [5.41, 5.74) is 6.97. The molecule has 0 aliphatic heterocycles. The first-order valence-corrected chi connectivity index (χ1v) is 6.39. The summed E-state index contributed by atoms with van der Waals surface area (Å²) in [5, 5.41) is 4.47. The molecule has 1 fully saturated rings. The number of aromatic nitrogens is 2. The number of nitrogen functional groups attached to an aromatic ring is 1. The number of anilines is 1. The predicted molar refractivity (Wildman–Crippen MR) is 65.7 cm³/mol. The van der Waals surface area contributed by atoms with Gasteiger partial charge < -0.3 is 5.73 Å². The summed E-state index contributed by atoms with van der Waals surface area (Å²) < 4.78 is 2.90. The van der Waals surface area contributed by atoms with E-state index < -0.39 is 0 Å². The van der Waals surface area contributed by atoms with Gasteiger partial charge in [-0.2, -0.15) is 5.10 Å². The molecular formula is C11H18BrN3. The van der Waals surface area contributed by atoms with Gasteiger partial charge in [0, 0.05) is 0 Å². The number of nitrogens with zero attached hydrogens (tertiary/aromatic N) is 2. The van der Waals surface area contributed by atoms with Gasteiger partial charge in [0.2, 0.25) is 0 Å². The van der Waals surface area contributed by atoms with Crippen molar-refractivity contribution >= 4 is 21.7 Å². The molecule has 1 aliphatic carbocycles. The number of rotatable bonds is 3. The maximum absolute atomic E-state index is 5.99. The molecule has 84 valence electrons. The highest BCUT2D eigenvalue weighted by atomic mass is 79.9. The zero-order valence-electron chi connectivity index (χ0n) is 9.33. The van der Waals surface area contributed by atoms with Gasteiger partial charge in [0.25, 0.3) is 0 Å². The van der Waals surface area contributed by atoms with Crippen molar-refractivity contribution in [3.05, 3.63) is 10.2 Å². The van der Waals surface area contributed by atoms with Crippen LogP contribution < -0.4 is 5.73 Å². The highest BCUT2D eigenvalue weighted by molar-refractivity contribution is 9.10. The lowest BCUT2D eigenvalue weighted by atomic mass is 9.81. The lowest BCUT2D eigenvalue weighted by molar-refractivity contribution is 0.251. The first kappa shape index (κ1) is 11.0. The van der Waals surface area contributed by atoms with Crippen LogP contribution in [0.3, 0.4) is 0 Å². The van der Waals surface area contributed by atoms with Gasteiger partial charge in [-0.15, -0.1) is 0 Å². The molecule has 2 N–H and O–H groups in total. The molecule has 1 unspecified atom stereocenters. The number of nitrogens with two attached hydrogens (primary N) is 1. The van der Waals surface area contributed by atoms with Gasteiger partial charge in [-0.05, 0) is 42.1 Å². The number of hydrogen-bond donors (Lipinski definition) is 1. The minimum absolute atomic E-state index is 0.417. The van der Waals surface area contributed by atoms with E-state index in [0.717, 1.165) is 21.9 Å². The van der Waals surface area contributed by atoms with E-state index in [0.29, 0.717) is 6.04 Å². The van der Waals surface area contributed by atoms with E-state index >= 15 is 0 Å². The van der Waals surface area contributed by atoms with Crippen molar-refractivity contribution < 1.29 is 0 Å². The molecular weight excluding hydrogens is 254 g/mol. The van der Waals surface area contributed by atoms with Crippen molar-refractivity contribution in [2.24, 2.45) is 5.92 Å². The van der Waals surface area contributed by atoms with E-state index in [-0.39, 0.29) is 0 Å². The molecule has 0 amide bonds. The van der Waals surface area contributed by atoms with Crippen molar-refractivity contribution in [2.75, 3.05) is 5.73 Å². The molecule has 0 spiro atoms. The Labute approximate surface area is 99.2 Å². The second-order valence-corrected chi connectivity index (χ2v) is 5.40. The predicted octanol–water partition coefficient (Wildman–Crippen LogP) is 3.29. The van der Waals surface area contributed by atoms with Crippen molar-refractivity contribution in [3.63, 3.8) is 0 Å². The van der Waals surface area contributed by atoms with Crippen LogP contribution in [0.1, 0.15) is 44.3 Å². The van der Waals surface area contributed by atoms with Crippen LogP contribution in [0.5, 0.6) is 0 Å². The Morgan fingerprint density at radius 3 is 2.67 bits per heavy atom. The Morgan fingerprint density at radius 1 is 1.60 bits per heavy atom. The molecule has 1 heterocycles. The molecule has 1 aromatic rings. The third-order valence-corrected chi connectivity index (χ3v) is 4.34. The minimum Gasteiger partial charge on any atom is -0.383 e. The van der Waals surface area contributed by atoms with Crippen LogP contribution >= 0.6 is 15.9 Å². The molecule has 1 saturated carbocycles. The Morgan fingerprint density at radius 2 is 2.27 bits per heavy atom. The molecule has 4 heteroatoms. The van der Waals surface area contributed by atoms with E-state index in [2.05, 4.69) is 28.0 Å². The average Bonchev–Trinajstić information content (AvgIpc) is 2.39. The van der Waals surface area contributed by atoms with E-state index in [4.69, 9.17) is 5.73 Å². The molecule has 0 aromatic carbocycles. The topological polar surface area (TPSA) is 43.8 Å². The molecule has 2 rings (SSSR count). The van der Waals surface area contributed by atoms with Gasteiger partial charge in [-0.1, -0.05) is 19.3 Å². The monoisotopic (exact) mass is 271 g/mol. The van der Waals surface area contributed by atoms with E-state index in [1.165, 1.54) is 25.7 Å². The first-order valence-electron chi connectivity index (χ1n) is 5.59. The van der Waals surface area contributed by atoms with Gasteiger partial charge in [0.15, 0.2) is 0 Å². The van der Waals surface area contributed by atoms with E-state index in [9.17, 15) is 0 Å². The zero-order chi connectivity index (χ0) is 11.0. The summed E-state index contributed by atoms with van der Waals surface area (Å²) in [6, 6.07) is 0.417. The molecule has 0 bridgehead atoms. The maximum Gasteiger partial charge on any atom is 0.136 e. The van der Waals surface area contributed by atoms with Crippen LogP contribution in [0, 0.1) is 12.8 Å². The lowest BCUT2D eigenvalue weighted by Gasteiger charge is -2.28. The quantitative estimate of drug-likeness (QED) is 0.917. The lowest BCUT2D eigenvalue weighted by Crippen LogP contribution is -2.18. The molecule has 0 saturated heterocycles. The Kier molecular flexibility index (Phi) is 3.05. The molecule has 3 nitrogen and oxygen atoms in total. The third kappa shape index (κ3) is 2.05. The molecule has 15 heavy (non-hydrogen) atoms. The third-order valence-electron chi connectivity index (χ3n) is 3.36. The summed E-state index contributed by atoms with van der Waals surface area (Å²) in [6.07, 6.45) is 5.36. The second kappa shape index (κ2) is 4.16. The van der Waals surface area contributed by atoms with Crippen LogP contribution in [0.2, 0.25) is 0 Å². The summed E-state index contributed by atoms with van der Waals surface area (Å²) in [4.78, 5) is 0. The van der Waals surface area contributed by atoms with Crippen LogP contribution in [-0.4, -0.2) is 9.78 Å². The van der Waals surface area contributed by atoms with Crippen LogP contribution in [0.15, 0.2) is 4.47 Å². The number of halogens is 1. The summed E-state index contributed by atoms with van der Waals surface area (Å²) >= 11 is 3.46. The fourth-order valence-corrected chi connectivity index (χ4v) is 2.45. The maximum atomic E-state index is 5.99. The van der Waals surface area contributed by atoms with Crippen molar-refractivity contribution in [1.29, 1.82) is 0 Å². The van der Waals surface area contributed by atoms with Crippen LogP contribution in [-0.2, 0) is 0 Å².